The van der Waals surface area contributed by atoms with E-state index in [1.54, 1.807) is 12.5 Å². The number of rotatable bonds is 5. The fraction of sp³-hybridized carbons (Fsp3) is 0.167. The second-order valence-electron chi connectivity index (χ2n) is 3.78. The van der Waals surface area contributed by atoms with E-state index in [4.69, 9.17) is 18.0 Å². The van der Waals surface area contributed by atoms with Crippen molar-refractivity contribution in [1.82, 2.24) is 9.55 Å². The van der Waals surface area contributed by atoms with Crippen LogP contribution in [-0.2, 0) is 6.54 Å². The lowest BCUT2D eigenvalue weighted by Crippen LogP contribution is -2.15. The van der Waals surface area contributed by atoms with Gasteiger partial charge in [0.05, 0.1) is 6.33 Å². The van der Waals surface area contributed by atoms with E-state index in [1.165, 1.54) is 0 Å². The zero-order chi connectivity index (χ0) is 13.0. The molecule has 0 fully saturated rings. The molecule has 1 heterocycles. The van der Waals surface area contributed by atoms with Crippen LogP contribution in [0.1, 0.15) is 5.56 Å². The molecule has 2 aromatic rings. The van der Waals surface area contributed by atoms with E-state index in [9.17, 15) is 0 Å². The second-order valence-corrected chi connectivity index (χ2v) is 5.14. The van der Waals surface area contributed by atoms with E-state index in [-0.39, 0.29) is 0 Å². The number of nitrogens with zero attached hydrogens (tertiary/aromatic N) is 2. The summed E-state index contributed by atoms with van der Waals surface area (Å²) in [4.78, 5) is 4.39. The smallest absolute Gasteiger partial charge is 0.106 e. The molecule has 2 rings (SSSR count). The Bertz CT molecular complexity index is 539. The Morgan fingerprint density at radius 1 is 1.50 bits per heavy atom. The van der Waals surface area contributed by atoms with Crippen LogP contribution in [0.15, 0.2) is 41.4 Å². The molecular formula is C12H13BrN4S. The van der Waals surface area contributed by atoms with Gasteiger partial charge in [0.25, 0.3) is 0 Å². The molecule has 0 unspecified atom stereocenters. The summed E-state index contributed by atoms with van der Waals surface area (Å²) in [6, 6.07) is 5.81. The van der Waals surface area contributed by atoms with Crippen LogP contribution in [0.4, 0.5) is 5.69 Å². The quantitative estimate of drug-likeness (QED) is 0.829. The number of thiocarbonyl (C=S) groups is 1. The minimum Gasteiger partial charge on any atom is -0.389 e. The molecule has 0 aliphatic rings. The minimum absolute atomic E-state index is 0.396. The van der Waals surface area contributed by atoms with Crippen molar-refractivity contribution in [2.75, 3.05) is 11.9 Å². The third-order valence-electron chi connectivity index (χ3n) is 2.49. The molecule has 0 atom stereocenters. The topological polar surface area (TPSA) is 55.9 Å². The first-order valence-electron chi connectivity index (χ1n) is 5.46. The Labute approximate surface area is 119 Å². The van der Waals surface area contributed by atoms with Gasteiger partial charge < -0.3 is 15.6 Å². The van der Waals surface area contributed by atoms with Crippen LogP contribution in [0.5, 0.6) is 0 Å². The van der Waals surface area contributed by atoms with E-state index in [1.807, 2.05) is 29.0 Å². The molecule has 0 radical (unpaired) electrons. The minimum atomic E-state index is 0.396. The summed E-state index contributed by atoms with van der Waals surface area (Å²) in [5.41, 5.74) is 7.49. The number of imidazole rings is 1. The number of anilines is 1. The molecule has 94 valence electrons. The average Bonchev–Trinajstić information content (AvgIpc) is 2.82. The molecule has 0 saturated carbocycles. The van der Waals surface area contributed by atoms with Gasteiger partial charge in [-0.05, 0) is 18.2 Å². The monoisotopic (exact) mass is 324 g/mol. The average molecular weight is 325 g/mol. The molecule has 0 spiro atoms. The molecule has 0 aliphatic carbocycles. The Morgan fingerprint density at radius 2 is 2.33 bits per heavy atom. The number of hydrogen-bond acceptors (Lipinski definition) is 3. The van der Waals surface area contributed by atoms with Crippen LogP contribution in [0.2, 0.25) is 0 Å². The number of nitrogens with two attached hydrogens (primary N) is 1. The summed E-state index contributed by atoms with van der Waals surface area (Å²) in [5.74, 6) is 0. The Morgan fingerprint density at radius 3 is 3.00 bits per heavy atom. The number of aromatic nitrogens is 2. The molecule has 0 bridgehead atoms. The maximum Gasteiger partial charge on any atom is 0.106 e. The van der Waals surface area contributed by atoms with Crippen LogP contribution in [0.25, 0.3) is 0 Å². The molecular weight excluding hydrogens is 312 g/mol. The van der Waals surface area contributed by atoms with Gasteiger partial charge in [0, 0.05) is 41.2 Å². The van der Waals surface area contributed by atoms with Crippen molar-refractivity contribution < 1.29 is 0 Å². The van der Waals surface area contributed by atoms with Gasteiger partial charge in [0.15, 0.2) is 0 Å². The normalized spacial score (nSPS) is 10.3. The van der Waals surface area contributed by atoms with Crippen molar-refractivity contribution in [3.8, 4) is 0 Å². The second kappa shape index (κ2) is 5.97. The summed E-state index contributed by atoms with van der Waals surface area (Å²) >= 11 is 8.47. The van der Waals surface area contributed by atoms with Gasteiger partial charge in [-0.15, -0.1) is 0 Å². The first-order chi connectivity index (χ1) is 8.66. The summed E-state index contributed by atoms with van der Waals surface area (Å²) < 4.78 is 3.00. The van der Waals surface area contributed by atoms with Gasteiger partial charge in [-0.2, -0.15) is 0 Å². The van der Waals surface area contributed by atoms with Crippen molar-refractivity contribution in [2.24, 2.45) is 5.73 Å². The third kappa shape index (κ3) is 3.30. The molecule has 18 heavy (non-hydrogen) atoms. The van der Waals surface area contributed by atoms with Gasteiger partial charge in [-0.1, -0.05) is 28.1 Å². The largest absolute Gasteiger partial charge is 0.389 e. The van der Waals surface area contributed by atoms with Crippen molar-refractivity contribution >= 4 is 38.8 Å². The van der Waals surface area contributed by atoms with E-state index >= 15 is 0 Å². The Hall–Kier alpha value is -1.40. The Kier molecular flexibility index (Phi) is 4.33. The maximum absolute atomic E-state index is 5.69. The van der Waals surface area contributed by atoms with Gasteiger partial charge in [0.1, 0.15) is 4.99 Å². The lowest BCUT2D eigenvalue weighted by molar-refractivity contribution is 0.727. The first-order valence-corrected chi connectivity index (χ1v) is 6.66. The van der Waals surface area contributed by atoms with Gasteiger partial charge in [-0.3, -0.25) is 0 Å². The highest BCUT2D eigenvalue weighted by molar-refractivity contribution is 9.10. The number of halogens is 1. The SMILES string of the molecule is NC(=S)c1ccc(Br)cc1NCCn1ccnc1. The van der Waals surface area contributed by atoms with E-state index in [0.717, 1.165) is 28.8 Å². The fourth-order valence-corrected chi connectivity index (χ4v) is 2.16. The first kappa shape index (κ1) is 13.0. The molecule has 4 nitrogen and oxygen atoms in total. The van der Waals surface area contributed by atoms with Crippen LogP contribution in [0, 0.1) is 0 Å². The van der Waals surface area contributed by atoms with Gasteiger partial charge in [-0.25, -0.2) is 4.98 Å². The van der Waals surface area contributed by atoms with Gasteiger partial charge in [0.2, 0.25) is 0 Å². The van der Waals surface area contributed by atoms with Crippen LogP contribution in [0.3, 0.4) is 0 Å². The number of benzene rings is 1. The van der Waals surface area contributed by atoms with Crippen LogP contribution < -0.4 is 11.1 Å². The summed E-state index contributed by atoms with van der Waals surface area (Å²) in [6.07, 6.45) is 5.48. The molecule has 0 aliphatic heterocycles. The third-order valence-corrected chi connectivity index (χ3v) is 3.20. The van der Waals surface area contributed by atoms with Crippen molar-refractivity contribution in [3.63, 3.8) is 0 Å². The summed E-state index contributed by atoms with van der Waals surface area (Å²) in [5, 5.41) is 3.33. The summed E-state index contributed by atoms with van der Waals surface area (Å²) in [7, 11) is 0. The molecule has 6 heteroatoms. The van der Waals surface area contributed by atoms with Gasteiger partial charge >= 0.3 is 0 Å². The van der Waals surface area contributed by atoms with E-state index < -0.39 is 0 Å². The van der Waals surface area contributed by atoms with Crippen molar-refractivity contribution in [3.05, 3.63) is 47.0 Å². The standard InChI is InChI=1S/C12H13BrN4S/c13-9-1-2-10(12(14)18)11(7-9)16-4-6-17-5-3-15-8-17/h1-3,5,7-8,16H,4,6H2,(H2,14,18). The van der Waals surface area contributed by atoms with Crippen LogP contribution >= 0.6 is 28.1 Å². The highest BCUT2D eigenvalue weighted by atomic mass is 79.9. The Balaban J connectivity index is 2.03. The number of nitrogens with one attached hydrogen (secondary N) is 1. The van der Waals surface area contributed by atoms with Crippen molar-refractivity contribution in [2.45, 2.75) is 6.54 Å². The molecule has 0 amide bonds. The molecule has 0 saturated heterocycles. The maximum atomic E-state index is 5.69. The zero-order valence-corrected chi connectivity index (χ0v) is 12.0. The highest BCUT2D eigenvalue weighted by Gasteiger charge is 2.05. The predicted octanol–water partition coefficient (Wildman–Crippen LogP) is 2.39. The predicted molar refractivity (Wildman–Crippen MR) is 80.7 cm³/mol. The lowest BCUT2D eigenvalue weighted by Gasteiger charge is -2.12. The van der Waals surface area contributed by atoms with Crippen LogP contribution in [-0.4, -0.2) is 21.1 Å². The van der Waals surface area contributed by atoms with E-state index in [0.29, 0.717) is 4.99 Å². The zero-order valence-electron chi connectivity index (χ0n) is 9.64. The lowest BCUT2D eigenvalue weighted by atomic mass is 10.2. The number of hydrogen-bond donors (Lipinski definition) is 2. The molecule has 1 aromatic carbocycles. The fourth-order valence-electron chi connectivity index (χ4n) is 1.62. The van der Waals surface area contributed by atoms with Crippen molar-refractivity contribution in [1.29, 1.82) is 0 Å². The summed E-state index contributed by atoms with van der Waals surface area (Å²) in [6.45, 7) is 1.62. The molecule has 3 N–H and O–H groups in total. The van der Waals surface area contributed by atoms with E-state index in [2.05, 4.69) is 26.2 Å². The highest BCUT2D eigenvalue weighted by Crippen LogP contribution is 2.21. The molecule has 1 aromatic heterocycles.